The monoisotopic (exact) mass is 430 g/mol. The number of aromatic nitrogens is 1. The van der Waals surface area contributed by atoms with Crippen LogP contribution in [0.3, 0.4) is 0 Å². The lowest BCUT2D eigenvalue weighted by Crippen LogP contribution is -2.36. The van der Waals surface area contributed by atoms with Crippen LogP contribution in [0.2, 0.25) is 0 Å². The van der Waals surface area contributed by atoms with Crippen molar-refractivity contribution in [1.29, 1.82) is 0 Å². The van der Waals surface area contributed by atoms with Gasteiger partial charge in [0.05, 0.1) is 19.7 Å². The Bertz CT molecular complexity index is 809. The highest BCUT2D eigenvalue weighted by Crippen LogP contribution is 2.29. The number of alkyl halides is 3. The smallest absolute Gasteiger partial charge is 0.434 e. The van der Waals surface area contributed by atoms with Gasteiger partial charge >= 0.3 is 6.18 Å². The number of halogens is 3. The summed E-state index contributed by atoms with van der Waals surface area (Å²) in [7, 11) is 1.61. The van der Waals surface area contributed by atoms with E-state index < -0.39 is 11.9 Å². The molecular weight excluding hydrogens is 405 g/mol. The van der Waals surface area contributed by atoms with Gasteiger partial charge < -0.3 is 20.1 Å². The number of hydrogen-bond acceptors (Lipinski definition) is 5. The molecule has 2 N–H and O–H groups in total. The van der Waals surface area contributed by atoms with Crippen LogP contribution in [-0.4, -0.2) is 37.8 Å². The quantitative estimate of drug-likeness (QED) is 0.360. The Hall–Kier alpha value is -2.33. The highest BCUT2D eigenvalue weighted by Gasteiger charge is 2.33. The minimum absolute atomic E-state index is 0.150. The minimum atomic E-state index is -4.43. The maximum absolute atomic E-state index is 12.7. The van der Waals surface area contributed by atoms with Gasteiger partial charge in [-0.2, -0.15) is 13.2 Å². The van der Waals surface area contributed by atoms with Crippen LogP contribution in [0.1, 0.15) is 28.8 Å². The van der Waals surface area contributed by atoms with Crippen LogP contribution in [-0.2, 0) is 24.0 Å². The summed E-state index contributed by atoms with van der Waals surface area (Å²) in [4.78, 5) is 8.12. The van der Waals surface area contributed by atoms with E-state index in [-0.39, 0.29) is 6.54 Å². The van der Waals surface area contributed by atoms with Crippen LogP contribution < -0.4 is 15.4 Å². The molecule has 2 rings (SSSR count). The van der Waals surface area contributed by atoms with E-state index in [2.05, 4.69) is 20.6 Å². The van der Waals surface area contributed by atoms with Gasteiger partial charge in [-0.3, -0.25) is 0 Å². The van der Waals surface area contributed by atoms with Gasteiger partial charge in [-0.25, -0.2) is 9.98 Å². The molecule has 0 bridgehead atoms. The lowest BCUT2D eigenvalue weighted by Gasteiger charge is -2.13. The molecule has 0 fully saturated rings. The fraction of sp³-hybridized carbons (Fsp3) is 0.474. The Labute approximate surface area is 172 Å². The molecule has 0 unspecified atom stereocenters. The molecule has 0 atom stereocenters. The van der Waals surface area contributed by atoms with Crippen molar-refractivity contribution in [2.75, 3.05) is 26.9 Å². The maximum Gasteiger partial charge on any atom is 0.434 e. The zero-order valence-corrected chi connectivity index (χ0v) is 17.4. The van der Waals surface area contributed by atoms with Gasteiger partial charge in [0.15, 0.2) is 11.7 Å². The first-order valence-corrected chi connectivity index (χ1v) is 9.96. The number of nitrogens with zero attached hydrogens (tertiary/aromatic N) is 2. The van der Waals surface area contributed by atoms with Crippen molar-refractivity contribution in [3.63, 3.8) is 0 Å². The lowest BCUT2D eigenvalue weighted by atomic mass is 10.1. The third-order valence-corrected chi connectivity index (χ3v) is 4.62. The molecule has 0 spiro atoms. The third-order valence-electron chi connectivity index (χ3n) is 3.77. The number of aryl methyl sites for hydroxylation is 1. The molecule has 1 aromatic carbocycles. The molecule has 6 nitrogen and oxygen atoms in total. The SMILES string of the molecule is CCNC(=NCc1ccc(C)cc1OCCOC)NCc1nc(C(F)(F)F)cs1. The van der Waals surface area contributed by atoms with Gasteiger partial charge in [0.25, 0.3) is 0 Å². The van der Waals surface area contributed by atoms with Crippen molar-refractivity contribution in [2.45, 2.75) is 33.1 Å². The van der Waals surface area contributed by atoms with E-state index in [1.165, 1.54) is 0 Å². The second kappa shape index (κ2) is 11.0. The largest absolute Gasteiger partial charge is 0.491 e. The summed E-state index contributed by atoms with van der Waals surface area (Å²) < 4.78 is 48.8. The molecule has 1 heterocycles. The van der Waals surface area contributed by atoms with E-state index >= 15 is 0 Å². The standard InChI is InChI=1S/C19H25F3N4O2S/c1-4-23-18(25-11-17-26-16(12-29-17)19(20,21)22)24-10-14-6-5-13(2)9-15(14)28-8-7-27-3/h5-6,9,12H,4,7-8,10-11H2,1-3H3,(H2,23,24,25). The minimum Gasteiger partial charge on any atom is -0.491 e. The van der Waals surface area contributed by atoms with Crippen molar-refractivity contribution in [1.82, 2.24) is 15.6 Å². The predicted molar refractivity (Wildman–Crippen MR) is 107 cm³/mol. The molecule has 2 aromatic rings. The molecule has 0 saturated heterocycles. The second-order valence-electron chi connectivity index (χ2n) is 6.13. The molecule has 0 amide bonds. The van der Waals surface area contributed by atoms with Gasteiger partial charge in [0, 0.05) is 24.6 Å². The molecule has 0 aliphatic carbocycles. The molecule has 0 aliphatic heterocycles. The summed E-state index contributed by atoms with van der Waals surface area (Å²) in [5.74, 6) is 1.22. The topological polar surface area (TPSA) is 67.8 Å². The summed E-state index contributed by atoms with van der Waals surface area (Å²) in [6.45, 7) is 5.91. The Morgan fingerprint density at radius 3 is 2.69 bits per heavy atom. The van der Waals surface area contributed by atoms with Crippen LogP contribution in [0.15, 0.2) is 28.6 Å². The van der Waals surface area contributed by atoms with Crippen molar-refractivity contribution in [3.8, 4) is 5.75 Å². The van der Waals surface area contributed by atoms with Gasteiger partial charge in [0.2, 0.25) is 0 Å². The van der Waals surface area contributed by atoms with E-state index in [9.17, 15) is 13.2 Å². The van der Waals surface area contributed by atoms with E-state index in [0.717, 1.165) is 33.6 Å². The summed E-state index contributed by atoms with van der Waals surface area (Å²) in [5.41, 5.74) is 1.09. The fourth-order valence-electron chi connectivity index (χ4n) is 2.35. The van der Waals surface area contributed by atoms with E-state index in [0.29, 0.717) is 37.3 Å². The molecule has 1 aromatic heterocycles. The summed E-state index contributed by atoms with van der Waals surface area (Å²) in [5, 5.41) is 7.44. The molecular formula is C19H25F3N4O2S. The predicted octanol–water partition coefficient (Wildman–Crippen LogP) is 3.75. The van der Waals surface area contributed by atoms with Crippen molar-refractivity contribution in [3.05, 3.63) is 45.4 Å². The van der Waals surface area contributed by atoms with Gasteiger partial charge in [-0.1, -0.05) is 12.1 Å². The summed E-state index contributed by atoms with van der Waals surface area (Å²) >= 11 is 0.958. The highest BCUT2D eigenvalue weighted by molar-refractivity contribution is 7.09. The maximum atomic E-state index is 12.7. The third kappa shape index (κ3) is 7.54. The van der Waals surface area contributed by atoms with Crippen LogP contribution in [0.5, 0.6) is 5.75 Å². The van der Waals surface area contributed by atoms with E-state index in [1.54, 1.807) is 7.11 Å². The van der Waals surface area contributed by atoms with Crippen molar-refractivity contribution >= 4 is 17.3 Å². The number of aliphatic imine (C=N–C) groups is 1. The average molecular weight is 430 g/mol. The Morgan fingerprint density at radius 1 is 1.24 bits per heavy atom. The van der Waals surface area contributed by atoms with Gasteiger partial charge in [0.1, 0.15) is 17.4 Å². The number of ether oxygens (including phenoxy) is 2. The number of rotatable bonds is 9. The van der Waals surface area contributed by atoms with Crippen LogP contribution in [0, 0.1) is 6.92 Å². The van der Waals surface area contributed by atoms with Crippen LogP contribution in [0.25, 0.3) is 0 Å². The Morgan fingerprint density at radius 2 is 2.03 bits per heavy atom. The van der Waals surface area contributed by atoms with Crippen LogP contribution in [0.4, 0.5) is 13.2 Å². The first-order valence-electron chi connectivity index (χ1n) is 9.08. The molecule has 0 aliphatic rings. The number of hydrogen-bond donors (Lipinski definition) is 2. The zero-order chi connectivity index (χ0) is 21.3. The molecule has 0 saturated carbocycles. The normalized spacial score (nSPS) is 12.1. The van der Waals surface area contributed by atoms with Crippen molar-refractivity contribution in [2.24, 2.45) is 4.99 Å². The molecule has 29 heavy (non-hydrogen) atoms. The summed E-state index contributed by atoms with van der Waals surface area (Å²) in [6.07, 6.45) is -4.43. The first kappa shape index (κ1) is 23.0. The summed E-state index contributed by atoms with van der Waals surface area (Å²) in [6, 6.07) is 5.86. The van der Waals surface area contributed by atoms with E-state index in [1.807, 2.05) is 32.0 Å². The van der Waals surface area contributed by atoms with Crippen LogP contribution >= 0.6 is 11.3 Å². The Kier molecular flexibility index (Phi) is 8.71. The number of benzene rings is 1. The second-order valence-corrected chi connectivity index (χ2v) is 7.07. The van der Waals surface area contributed by atoms with Gasteiger partial charge in [-0.15, -0.1) is 11.3 Å². The molecule has 10 heteroatoms. The van der Waals surface area contributed by atoms with Gasteiger partial charge in [-0.05, 0) is 25.5 Å². The molecule has 160 valence electrons. The van der Waals surface area contributed by atoms with E-state index in [4.69, 9.17) is 9.47 Å². The van der Waals surface area contributed by atoms with Crippen molar-refractivity contribution < 1.29 is 22.6 Å². The number of nitrogens with one attached hydrogen (secondary N) is 2. The zero-order valence-electron chi connectivity index (χ0n) is 16.6. The lowest BCUT2D eigenvalue weighted by molar-refractivity contribution is -0.140. The highest BCUT2D eigenvalue weighted by atomic mass is 32.1. The number of methoxy groups -OCH3 is 1. The Balaban J connectivity index is 2.04. The average Bonchev–Trinajstić information content (AvgIpc) is 3.15. The molecule has 0 radical (unpaired) electrons. The fourth-order valence-corrected chi connectivity index (χ4v) is 3.09. The number of guanidine groups is 1. The number of thiazole rings is 1. The first-order chi connectivity index (χ1) is 13.8.